The fourth-order valence-electron chi connectivity index (χ4n) is 3.86. The Kier molecular flexibility index (Phi) is 9.99. The number of carbonyl (C=O) groups excluding carboxylic acids is 1. The lowest BCUT2D eigenvalue weighted by Crippen LogP contribution is -2.29. The van der Waals surface area contributed by atoms with Gasteiger partial charge in [-0.15, -0.1) is 0 Å². The van der Waals surface area contributed by atoms with Crippen molar-refractivity contribution in [2.45, 2.75) is 19.9 Å². The van der Waals surface area contributed by atoms with Crippen LogP contribution in [0.25, 0.3) is 0 Å². The third-order valence-corrected chi connectivity index (χ3v) is 5.85. The second-order valence-corrected chi connectivity index (χ2v) is 9.60. The van der Waals surface area contributed by atoms with Crippen LogP contribution in [0.3, 0.4) is 0 Å². The molecular formula is C29H38N8O2. The van der Waals surface area contributed by atoms with Crippen molar-refractivity contribution in [3.8, 4) is 5.75 Å². The Morgan fingerprint density at radius 1 is 1.10 bits per heavy atom. The van der Waals surface area contributed by atoms with Crippen LogP contribution in [0.15, 0.2) is 61.3 Å². The molecule has 0 aliphatic heterocycles. The van der Waals surface area contributed by atoms with Crippen LogP contribution in [-0.4, -0.2) is 73.9 Å². The summed E-state index contributed by atoms with van der Waals surface area (Å²) in [7, 11) is 7.56. The maximum absolute atomic E-state index is 12.2. The van der Waals surface area contributed by atoms with E-state index in [1.54, 1.807) is 25.4 Å². The summed E-state index contributed by atoms with van der Waals surface area (Å²) >= 11 is 0. The zero-order chi connectivity index (χ0) is 28.5. The summed E-state index contributed by atoms with van der Waals surface area (Å²) < 4.78 is 5.68. The molecule has 0 aliphatic rings. The van der Waals surface area contributed by atoms with Gasteiger partial charge in [-0.25, -0.2) is 9.97 Å². The number of hydrogen-bond donors (Lipinski definition) is 4. The van der Waals surface area contributed by atoms with Crippen molar-refractivity contribution in [1.29, 1.82) is 5.41 Å². The number of nitrogens with one attached hydrogen (secondary N) is 4. The van der Waals surface area contributed by atoms with Crippen molar-refractivity contribution < 1.29 is 9.53 Å². The average Bonchev–Trinajstić information content (AvgIpc) is 2.91. The molecule has 0 unspecified atom stereocenters. The molecule has 1 amide bonds. The maximum Gasteiger partial charge on any atom is 0.247 e. The highest BCUT2D eigenvalue weighted by Crippen LogP contribution is 2.38. The van der Waals surface area contributed by atoms with Crippen LogP contribution < -0.4 is 25.6 Å². The van der Waals surface area contributed by atoms with E-state index in [1.807, 2.05) is 56.4 Å². The number of aromatic nitrogens is 2. The predicted octanol–water partition coefficient (Wildman–Crippen LogP) is 4.59. The minimum atomic E-state index is -0.325. The molecule has 10 heteroatoms. The minimum absolute atomic E-state index is 0.217. The average molecular weight is 531 g/mol. The third kappa shape index (κ3) is 7.78. The van der Waals surface area contributed by atoms with Crippen LogP contribution in [0.5, 0.6) is 5.75 Å². The Hall–Kier alpha value is -4.44. The molecule has 0 saturated heterocycles. The van der Waals surface area contributed by atoms with Crippen LogP contribution in [0, 0.1) is 5.41 Å². The van der Waals surface area contributed by atoms with Crippen LogP contribution >= 0.6 is 0 Å². The van der Waals surface area contributed by atoms with Gasteiger partial charge in [0.15, 0.2) is 0 Å². The molecule has 1 aromatic heterocycles. The Morgan fingerprint density at radius 3 is 2.51 bits per heavy atom. The number of para-hydroxylation sites is 1. The highest BCUT2D eigenvalue weighted by molar-refractivity contribution is 6.13. The van der Waals surface area contributed by atoms with Gasteiger partial charge in [0.25, 0.3) is 0 Å². The fourth-order valence-corrected chi connectivity index (χ4v) is 3.86. The molecule has 3 aromatic rings. The number of anilines is 5. The van der Waals surface area contributed by atoms with Gasteiger partial charge in [-0.2, -0.15) is 0 Å². The molecular weight excluding hydrogens is 492 g/mol. The SMILES string of the molecule is C=CC(=O)Nc1cc(Nc2nccc(C(=N)c3ccccc3NC(C)C)n2)c(OC)cc1N(C)CCN(C)C. The minimum Gasteiger partial charge on any atom is -0.494 e. The van der Waals surface area contributed by atoms with Crippen LogP contribution in [0.4, 0.5) is 28.7 Å². The predicted molar refractivity (Wildman–Crippen MR) is 160 cm³/mol. The number of benzene rings is 2. The fraction of sp³-hybridized carbons (Fsp3) is 0.310. The molecule has 1 heterocycles. The number of likely N-dealkylation sites (N-methyl/N-ethyl adjacent to an activating group) is 2. The summed E-state index contributed by atoms with van der Waals surface area (Å²) in [6.07, 6.45) is 2.83. The van der Waals surface area contributed by atoms with Crippen LogP contribution in [0.1, 0.15) is 25.1 Å². The summed E-state index contributed by atoms with van der Waals surface area (Å²) in [5.41, 5.74) is 4.28. The lowest BCUT2D eigenvalue weighted by Gasteiger charge is -2.26. The quantitative estimate of drug-likeness (QED) is 0.187. The number of amides is 1. The van der Waals surface area contributed by atoms with E-state index in [4.69, 9.17) is 10.1 Å². The van der Waals surface area contributed by atoms with Crippen molar-refractivity contribution >= 4 is 40.3 Å². The lowest BCUT2D eigenvalue weighted by molar-refractivity contribution is -0.111. The highest BCUT2D eigenvalue weighted by Gasteiger charge is 2.18. The number of carbonyl (C=O) groups is 1. The van der Waals surface area contributed by atoms with Crippen LogP contribution in [-0.2, 0) is 4.79 Å². The molecule has 206 valence electrons. The number of nitrogens with zero attached hydrogens (tertiary/aromatic N) is 4. The molecule has 2 aromatic carbocycles. The van der Waals surface area contributed by atoms with Gasteiger partial charge in [-0.05, 0) is 52.2 Å². The number of ether oxygens (including phenoxy) is 1. The van der Waals surface area contributed by atoms with E-state index in [0.717, 1.165) is 30.0 Å². The van der Waals surface area contributed by atoms with Gasteiger partial charge in [0.05, 0.1) is 35.6 Å². The topological polar surface area (TPSA) is 118 Å². The number of hydrogen-bond acceptors (Lipinski definition) is 9. The van der Waals surface area contributed by atoms with E-state index in [0.29, 0.717) is 28.8 Å². The first-order valence-electron chi connectivity index (χ1n) is 12.7. The van der Waals surface area contributed by atoms with Gasteiger partial charge in [-0.1, -0.05) is 24.8 Å². The van der Waals surface area contributed by atoms with Crippen molar-refractivity contribution in [2.75, 3.05) is 62.2 Å². The first-order valence-corrected chi connectivity index (χ1v) is 12.7. The summed E-state index contributed by atoms with van der Waals surface area (Å²) in [5, 5.41) is 18.3. The molecule has 10 nitrogen and oxygen atoms in total. The molecule has 0 fully saturated rings. The standard InChI is InChI=1S/C29H38N8O2/c1-8-27(38)33-23-17-24(26(39-7)18-25(23)37(6)16-15-36(4)5)35-29-31-14-13-22(34-29)28(30)20-11-9-10-12-21(20)32-19(2)3/h8-14,17-19,30,32H,1,15-16H2,2-7H3,(H,33,38)(H,31,34,35). The second-order valence-electron chi connectivity index (χ2n) is 9.60. The summed E-state index contributed by atoms with van der Waals surface area (Å²) in [4.78, 5) is 25.3. The van der Waals surface area contributed by atoms with E-state index < -0.39 is 0 Å². The van der Waals surface area contributed by atoms with E-state index in [-0.39, 0.29) is 17.7 Å². The monoisotopic (exact) mass is 530 g/mol. The Bertz CT molecular complexity index is 1320. The van der Waals surface area contributed by atoms with Crippen LogP contribution in [0.2, 0.25) is 0 Å². The summed E-state index contributed by atoms with van der Waals surface area (Å²) in [5.74, 6) is 0.516. The Labute approximate surface area is 230 Å². The Balaban J connectivity index is 1.96. The van der Waals surface area contributed by atoms with Gasteiger partial charge in [-0.3, -0.25) is 10.2 Å². The summed E-state index contributed by atoms with van der Waals surface area (Å²) in [6, 6.07) is 13.2. The van der Waals surface area contributed by atoms with Crippen molar-refractivity contribution in [3.05, 3.63) is 72.6 Å². The van der Waals surface area contributed by atoms with Gasteiger partial charge in [0.2, 0.25) is 11.9 Å². The second kappa shape index (κ2) is 13.4. The first kappa shape index (κ1) is 29.1. The molecule has 0 bridgehead atoms. The number of methoxy groups -OCH3 is 1. The molecule has 4 N–H and O–H groups in total. The van der Waals surface area contributed by atoms with Gasteiger partial charge < -0.3 is 30.5 Å². The highest BCUT2D eigenvalue weighted by atomic mass is 16.5. The van der Waals surface area contributed by atoms with Crippen molar-refractivity contribution in [2.24, 2.45) is 0 Å². The van der Waals surface area contributed by atoms with E-state index in [9.17, 15) is 4.79 Å². The Morgan fingerprint density at radius 2 is 1.85 bits per heavy atom. The van der Waals surface area contributed by atoms with Crippen molar-refractivity contribution in [1.82, 2.24) is 14.9 Å². The molecule has 0 radical (unpaired) electrons. The maximum atomic E-state index is 12.2. The van der Waals surface area contributed by atoms with Gasteiger partial charge >= 0.3 is 0 Å². The van der Waals surface area contributed by atoms with E-state index in [2.05, 4.69) is 51.2 Å². The summed E-state index contributed by atoms with van der Waals surface area (Å²) in [6.45, 7) is 9.24. The van der Waals surface area contributed by atoms with Crippen molar-refractivity contribution in [3.63, 3.8) is 0 Å². The zero-order valence-corrected chi connectivity index (χ0v) is 23.5. The molecule has 0 atom stereocenters. The smallest absolute Gasteiger partial charge is 0.247 e. The molecule has 3 rings (SSSR count). The van der Waals surface area contributed by atoms with Gasteiger partial charge in [0.1, 0.15) is 5.75 Å². The van der Waals surface area contributed by atoms with E-state index >= 15 is 0 Å². The first-order chi connectivity index (χ1) is 18.6. The third-order valence-electron chi connectivity index (χ3n) is 5.85. The molecule has 0 saturated carbocycles. The largest absolute Gasteiger partial charge is 0.494 e. The number of rotatable bonds is 13. The molecule has 39 heavy (non-hydrogen) atoms. The molecule has 0 spiro atoms. The lowest BCUT2D eigenvalue weighted by atomic mass is 10.0. The molecule has 0 aliphatic carbocycles. The van der Waals surface area contributed by atoms with E-state index in [1.165, 1.54) is 6.08 Å². The van der Waals surface area contributed by atoms with Gasteiger partial charge in [0, 0.05) is 49.7 Å². The zero-order valence-electron chi connectivity index (χ0n) is 23.5. The normalized spacial score (nSPS) is 10.8.